The van der Waals surface area contributed by atoms with E-state index in [0.29, 0.717) is 6.54 Å². The molecule has 5 nitrogen and oxygen atoms in total. The molecule has 166 valence electrons. The van der Waals surface area contributed by atoms with Crippen LogP contribution in [0.15, 0.2) is 84.9 Å². The third-order valence-corrected chi connectivity index (χ3v) is 6.07. The van der Waals surface area contributed by atoms with Crippen molar-refractivity contribution >= 4 is 11.6 Å². The summed E-state index contributed by atoms with van der Waals surface area (Å²) < 4.78 is 5.25. The van der Waals surface area contributed by atoms with E-state index < -0.39 is 0 Å². The maximum atomic E-state index is 13.1. The number of methoxy groups -OCH3 is 1. The van der Waals surface area contributed by atoms with Gasteiger partial charge in [0, 0.05) is 45.0 Å². The van der Waals surface area contributed by atoms with E-state index >= 15 is 0 Å². The first-order valence-electron chi connectivity index (χ1n) is 11.2. The SMILES string of the molecule is COc1ccc(N2CCN(CCNC(=O)C(c3ccccc3)c3ccccc3)CC2)cc1. The lowest BCUT2D eigenvalue weighted by Crippen LogP contribution is -2.48. The van der Waals surface area contributed by atoms with Gasteiger partial charge in [0.1, 0.15) is 5.75 Å². The summed E-state index contributed by atoms with van der Waals surface area (Å²) in [4.78, 5) is 17.9. The van der Waals surface area contributed by atoms with Crippen LogP contribution in [-0.2, 0) is 4.79 Å². The summed E-state index contributed by atoms with van der Waals surface area (Å²) in [5.74, 6) is 0.649. The van der Waals surface area contributed by atoms with E-state index in [1.807, 2.05) is 72.8 Å². The lowest BCUT2D eigenvalue weighted by atomic mass is 9.90. The molecular weight excluding hydrogens is 398 g/mol. The molecule has 0 radical (unpaired) electrons. The predicted octanol–water partition coefficient (Wildman–Crippen LogP) is 3.77. The van der Waals surface area contributed by atoms with E-state index in [-0.39, 0.29) is 11.8 Å². The zero-order valence-corrected chi connectivity index (χ0v) is 18.6. The molecule has 0 aromatic heterocycles. The lowest BCUT2D eigenvalue weighted by Gasteiger charge is -2.36. The Morgan fingerprint density at radius 3 is 1.94 bits per heavy atom. The van der Waals surface area contributed by atoms with Crippen molar-refractivity contribution in [1.82, 2.24) is 10.2 Å². The molecule has 4 rings (SSSR count). The van der Waals surface area contributed by atoms with Crippen LogP contribution in [0.25, 0.3) is 0 Å². The van der Waals surface area contributed by atoms with Crippen molar-refractivity contribution in [2.24, 2.45) is 0 Å². The number of amides is 1. The quantitative estimate of drug-likeness (QED) is 0.592. The number of carbonyl (C=O) groups is 1. The fourth-order valence-electron chi connectivity index (χ4n) is 4.25. The summed E-state index contributed by atoms with van der Waals surface area (Å²) in [6, 6.07) is 28.2. The van der Waals surface area contributed by atoms with Crippen molar-refractivity contribution in [3.8, 4) is 5.75 Å². The summed E-state index contributed by atoms with van der Waals surface area (Å²) in [6.07, 6.45) is 0. The van der Waals surface area contributed by atoms with Gasteiger partial charge in [0.2, 0.25) is 5.91 Å². The third kappa shape index (κ3) is 5.48. The first-order chi connectivity index (χ1) is 15.7. The summed E-state index contributed by atoms with van der Waals surface area (Å²) in [7, 11) is 1.69. The molecule has 0 aliphatic carbocycles. The van der Waals surface area contributed by atoms with E-state index in [2.05, 4.69) is 27.2 Å². The van der Waals surface area contributed by atoms with Crippen LogP contribution in [0.4, 0.5) is 5.69 Å². The molecule has 0 bridgehead atoms. The molecule has 1 aliphatic heterocycles. The van der Waals surface area contributed by atoms with Gasteiger partial charge in [-0.15, -0.1) is 0 Å². The Bertz CT molecular complexity index is 929. The normalized spacial score (nSPS) is 14.4. The summed E-state index contributed by atoms with van der Waals surface area (Å²) in [6.45, 7) is 5.45. The van der Waals surface area contributed by atoms with Crippen LogP contribution >= 0.6 is 0 Å². The number of anilines is 1. The molecule has 3 aromatic carbocycles. The van der Waals surface area contributed by atoms with Crippen molar-refractivity contribution in [2.75, 3.05) is 51.3 Å². The first kappa shape index (κ1) is 21.9. The highest BCUT2D eigenvalue weighted by molar-refractivity contribution is 5.87. The minimum atomic E-state index is -0.288. The Hall–Kier alpha value is -3.31. The second-order valence-corrected chi connectivity index (χ2v) is 8.07. The topological polar surface area (TPSA) is 44.8 Å². The van der Waals surface area contributed by atoms with Crippen LogP contribution in [0.5, 0.6) is 5.75 Å². The molecular formula is C27H31N3O2. The van der Waals surface area contributed by atoms with Crippen LogP contribution in [0.2, 0.25) is 0 Å². The van der Waals surface area contributed by atoms with E-state index in [9.17, 15) is 4.79 Å². The van der Waals surface area contributed by atoms with E-state index in [0.717, 1.165) is 49.6 Å². The standard InChI is InChI=1S/C27H31N3O2/c1-32-25-14-12-24(13-15-25)30-20-18-29(19-21-30)17-16-28-27(31)26(22-8-4-2-5-9-22)23-10-6-3-7-11-23/h2-15,26H,16-21H2,1H3,(H,28,31). The molecule has 0 spiro atoms. The molecule has 32 heavy (non-hydrogen) atoms. The minimum Gasteiger partial charge on any atom is -0.497 e. The van der Waals surface area contributed by atoms with Gasteiger partial charge < -0.3 is 15.0 Å². The van der Waals surface area contributed by atoms with Gasteiger partial charge in [-0.3, -0.25) is 9.69 Å². The summed E-state index contributed by atoms with van der Waals surface area (Å²) >= 11 is 0. The molecule has 1 fully saturated rings. The zero-order chi connectivity index (χ0) is 22.2. The molecule has 0 saturated carbocycles. The van der Waals surface area contributed by atoms with Gasteiger partial charge in [0.05, 0.1) is 13.0 Å². The van der Waals surface area contributed by atoms with Crippen molar-refractivity contribution in [1.29, 1.82) is 0 Å². The van der Waals surface area contributed by atoms with Crippen molar-refractivity contribution in [2.45, 2.75) is 5.92 Å². The monoisotopic (exact) mass is 429 g/mol. The van der Waals surface area contributed by atoms with Crippen molar-refractivity contribution < 1.29 is 9.53 Å². The number of rotatable bonds is 8. The second-order valence-electron chi connectivity index (χ2n) is 8.07. The maximum absolute atomic E-state index is 13.1. The fraction of sp³-hybridized carbons (Fsp3) is 0.296. The average molecular weight is 430 g/mol. The molecule has 1 saturated heterocycles. The van der Waals surface area contributed by atoms with Crippen LogP contribution < -0.4 is 15.0 Å². The number of carbonyl (C=O) groups excluding carboxylic acids is 1. The fourth-order valence-corrected chi connectivity index (χ4v) is 4.25. The Morgan fingerprint density at radius 1 is 0.844 bits per heavy atom. The van der Waals surface area contributed by atoms with E-state index in [1.54, 1.807) is 7.11 Å². The minimum absolute atomic E-state index is 0.0549. The Kier molecular flexibility index (Phi) is 7.41. The Balaban J connectivity index is 1.28. The second kappa shape index (κ2) is 10.8. The largest absolute Gasteiger partial charge is 0.497 e. The van der Waals surface area contributed by atoms with Crippen LogP contribution in [-0.4, -0.2) is 57.2 Å². The van der Waals surface area contributed by atoms with Crippen molar-refractivity contribution in [3.63, 3.8) is 0 Å². The number of ether oxygens (including phenoxy) is 1. The Labute approximate surface area is 190 Å². The van der Waals surface area contributed by atoms with Gasteiger partial charge >= 0.3 is 0 Å². The average Bonchev–Trinajstić information content (AvgIpc) is 2.86. The highest BCUT2D eigenvalue weighted by Crippen LogP contribution is 2.25. The van der Waals surface area contributed by atoms with Crippen molar-refractivity contribution in [3.05, 3.63) is 96.1 Å². The first-order valence-corrected chi connectivity index (χ1v) is 11.2. The third-order valence-electron chi connectivity index (χ3n) is 6.07. The Morgan fingerprint density at radius 2 is 1.41 bits per heavy atom. The molecule has 1 heterocycles. The lowest BCUT2D eigenvalue weighted by molar-refractivity contribution is -0.121. The van der Waals surface area contributed by atoms with Gasteiger partial charge in [-0.25, -0.2) is 0 Å². The number of hydrogen-bond acceptors (Lipinski definition) is 4. The molecule has 1 aliphatic rings. The molecule has 1 amide bonds. The van der Waals surface area contributed by atoms with Gasteiger partial charge in [-0.2, -0.15) is 0 Å². The van der Waals surface area contributed by atoms with E-state index in [4.69, 9.17) is 4.74 Å². The molecule has 0 atom stereocenters. The molecule has 0 unspecified atom stereocenters. The predicted molar refractivity (Wildman–Crippen MR) is 129 cm³/mol. The molecule has 1 N–H and O–H groups in total. The van der Waals surface area contributed by atoms with Crippen LogP contribution in [0.3, 0.4) is 0 Å². The van der Waals surface area contributed by atoms with Gasteiger partial charge in [-0.1, -0.05) is 60.7 Å². The summed E-state index contributed by atoms with van der Waals surface area (Å²) in [5, 5.41) is 3.17. The number of nitrogens with one attached hydrogen (secondary N) is 1. The number of nitrogens with zero attached hydrogens (tertiary/aromatic N) is 2. The van der Waals surface area contributed by atoms with Crippen LogP contribution in [0.1, 0.15) is 17.0 Å². The molecule has 3 aromatic rings. The van der Waals surface area contributed by atoms with Gasteiger partial charge in [0.15, 0.2) is 0 Å². The summed E-state index contributed by atoms with van der Waals surface area (Å²) in [5.41, 5.74) is 3.26. The van der Waals surface area contributed by atoms with E-state index in [1.165, 1.54) is 5.69 Å². The van der Waals surface area contributed by atoms with Gasteiger partial charge in [0.25, 0.3) is 0 Å². The number of benzene rings is 3. The maximum Gasteiger partial charge on any atom is 0.232 e. The van der Waals surface area contributed by atoms with Crippen LogP contribution in [0, 0.1) is 0 Å². The number of hydrogen-bond donors (Lipinski definition) is 1. The van der Waals surface area contributed by atoms with Gasteiger partial charge in [-0.05, 0) is 35.4 Å². The smallest absolute Gasteiger partial charge is 0.232 e. The molecule has 5 heteroatoms. The number of piperazine rings is 1. The highest BCUT2D eigenvalue weighted by atomic mass is 16.5. The zero-order valence-electron chi connectivity index (χ0n) is 18.6. The highest BCUT2D eigenvalue weighted by Gasteiger charge is 2.23.